The van der Waals surface area contributed by atoms with Crippen LogP contribution in [0.15, 0.2) is 77.9 Å². The number of carbonyl (C=O) groups excluding carboxylic acids is 1. The number of aromatic nitrogens is 1. The second-order valence-corrected chi connectivity index (χ2v) is 6.02. The van der Waals surface area contributed by atoms with Crippen molar-refractivity contribution in [2.24, 2.45) is 4.99 Å². The van der Waals surface area contributed by atoms with E-state index < -0.39 is 23.3 Å². The minimum Gasteiger partial charge on any atom is -0.621 e. The van der Waals surface area contributed by atoms with Gasteiger partial charge in [0.15, 0.2) is 0 Å². The maximum absolute atomic E-state index is 12.5. The number of carboxylic acids is 1. The van der Waals surface area contributed by atoms with Crippen molar-refractivity contribution >= 4 is 29.0 Å². The summed E-state index contributed by atoms with van der Waals surface area (Å²) in [6.07, 6.45) is 1.45. The number of pyridine rings is 1. The summed E-state index contributed by atoms with van der Waals surface area (Å²) < 4.78 is 0. The normalized spacial score (nSPS) is 10.6. The molecule has 0 spiro atoms. The average Bonchev–Trinajstić information content (AvgIpc) is 2.75. The van der Waals surface area contributed by atoms with Crippen LogP contribution in [0.25, 0.3) is 5.32 Å². The first-order valence-corrected chi connectivity index (χ1v) is 8.73. The summed E-state index contributed by atoms with van der Waals surface area (Å²) in [6, 6.07) is 17.1. The number of nitrogens with zero attached hydrogens (tertiary/aromatic N) is 4. The van der Waals surface area contributed by atoms with Gasteiger partial charge in [0.05, 0.1) is 16.3 Å². The molecule has 0 aliphatic rings. The number of carboxylic acid groups (broad SMARTS) is 1. The molecule has 1 N–H and O–H groups in total. The number of amides is 1. The quantitative estimate of drug-likeness (QED) is 0.246. The number of aliphatic imine (C=N–C) groups is 1. The molecule has 10 heteroatoms. The van der Waals surface area contributed by atoms with Crippen LogP contribution in [0.2, 0.25) is 0 Å². The van der Waals surface area contributed by atoms with Gasteiger partial charge in [0, 0.05) is 40.4 Å². The molecule has 1 heterocycles. The maximum atomic E-state index is 12.5. The van der Waals surface area contributed by atoms with E-state index in [-0.39, 0.29) is 44.8 Å². The van der Waals surface area contributed by atoms with E-state index in [1.807, 2.05) is 0 Å². The molecule has 0 aliphatic heterocycles. The fourth-order valence-corrected chi connectivity index (χ4v) is 2.66. The molecule has 0 bridgehead atoms. The molecular formula is C21H15N4NiO5-. The summed E-state index contributed by atoms with van der Waals surface area (Å²) in [7, 11) is 0. The number of aliphatic carboxylic acids is 1. The van der Waals surface area contributed by atoms with Gasteiger partial charge in [-0.25, -0.2) is 0 Å². The van der Waals surface area contributed by atoms with Crippen molar-refractivity contribution in [1.82, 2.24) is 4.98 Å². The summed E-state index contributed by atoms with van der Waals surface area (Å²) in [6.45, 7) is -0.555. The Morgan fingerprint density at radius 2 is 1.77 bits per heavy atom. The van der Waals surface area contributed by atoms with E-state index in [0.29, 0.717) is 5.56 Å². The van der Waals surface area contributed by atoms with Crippen molar-refractivity contribution in [3.05, 3.63) is 105 Å². The van der Waals surface area contributed by atoms with Crippen LogP contribution in [0.3, 0.4) is 0 Å². The molecule has 1 aromatic heterocycles. The Morgan fingerprint density at radius 3 is 2.39 bits per heavy atom. The molecule has 0 atom stereocenters. The predicted molar refractivity (Wildman–Crippen MR) is 109 cm³/mol. The number of benzene rings is 2. The summed E-state index contributed by atoms with van der Waals surface area (Å²) >= 11 is 0. The molecular weight excluding hydrogens is 447 g/mol. The van der Waals surface area contributed by atoms with E-state index in [1.165, 1.54) is 30.5 Å². The van der Waals surface area contributed by atoms with Crippen molar-refractivity contribution in [2.75, 3.05) is 6.54 Å². The minimum absolute atomic E-state index is 0. The van der Waals surface area contributed by atoms with Gasteiger partial charge >= 0.3 is 5.97 Å². The van der Waals surface area contributed by atoms with Gasteiger partial charge in [-0.3, -0.25) is 24.9 Å². The summed E-state index contributed by atoms with van der Waals surface area (Å²) in [5.41, 5.74) is 0.846. The molecule has 9 nitrogen and oxygen atoms in total. The fourth-order valence-electron chi connectivity index (χ4n) is 2.66. The van der Waals surface area contributed by atoms with Crippen LogP contribution >= 0.6 is 0 Å². The van der Waals surface area contributed by atoms with E-state index in [0.717, 1.165) is 0 Å². The number of hydrogen-bond acceptors (Lipinski definition) is 6. The van der Waals surface area contributed by atoms with Crippen LogP contribution in [0, 0.1) is 10.1 Å². The van der Waals surface area contributed by atoms with E-state index in [9.17, 15) is 19.7 Å². The largest absolute Gasteiger partial charge is 0.621 e. The molecule has 0 fully saturated rings. The third kappa shape index (κ3) is 6.04. The molecule has 0 radical (unpaired) electrons. The molecule has 31 heavy (non-hydrogen) atoms. The standard InChI is InChI=1S/C21H16N4O5.Ni/c26-19(27)13-23-20(14-6-2-1-3-7-14)16-12-15(25(29)30)9-10-17(16)24-21(28)18-8-4-5-11-22-18;/h1-12H,13H2,(H2,23,24,26,27,28);/p-1. The third-order valence-corrected chi connectivity index (χ3v) is 3.97. The van der Waals surface area contributed by atoms with Crippen LogP contribution in [0.4, 0.5) is 11.4 Å². The number of nitro groups is 1. The minimum atomic E-state index is -1.17. The van der Waals surface area contributed by atoms with Crippen LogP contribution in [0.5, 0.6) is 0 Å². The first-order chi connectivity index (χ1) is 14.5. The van der Waals surface area contributed by atoms with Gasteiger partial charge in [-0.1, -0.05) is 42.5 Å². The number of nitro benzene ring substituents is 1. The van der Waals surface area contributed by atoms with Crippen LogP contribution in [-0.2, 0) is 21.3 Å². The Balaban J connectivity index is 0.00000341. The van der Waals surface area contributed by atoms with Crippen molar-refractivity contribution in [1.29, 1.82) is 0 Å². The van der Waals surface area contributed by atoms with Crippen molar-refractivity contribution in [3.8, 4) is 0 Å². The number of carbonyl (C=O) groups is 2. The van der Waals surface area contributed by atoms with Crippen molar-refractivity contribution in [2.45, 2.75) is 0 Å². The Morgan fingerprint density at radius 1 is 1.06 bits per heavy atom. The average molecular weight is 462 g/mol. The zero-order chi connectivity index (χ0) is 21.5. The molecule has 0 saturated carbocycles. The number of non-ortho nitro benzene ring substituents is 1. The topological polar surface area (TPSA) is 137 Å². The SMILES string of the molecule is O=C(O)CN=C(c1ccccc1)c1cc([N+](=O)[O-])ccc1[N-]C(=O)c1ccccn1.[Ni]. The molecule has 160 valence electrons. The molecule has 2 aromatic carbocycles. The first-order valence-electron chi connectivity index (χ1n) is 8.73. The van der Waals surface area contributed by atoms with E-state index in [1.54, 1.807) is 42.5 Å². The van der Waals surface area contributed by atoms with Gasteiger partial charge in [0.2, 0.25) is 0 Å². The Kier molecular flexibility index (Phi) is 8.11. The van der Waals surface area contributed by atoms with E-state index in [2.05, 4.69) is 15.3 Å². The zero-order valence-corrected chi connectivity index (χ0v) is 16.8. The van der Waals surface area contributed by atoms with Gasteiger partial charge in [-0.15, -0.1) is 5.69 Å². The van der Waals surface area contributed by atoms with Gasteiger partial charge < -0.3 is 15.2 Å². The summed E-state index contributed by atoms with van der Waals surface area (Å²) in [5.74, 6) is -1.81. The van der Waals surface area contributed by atoms with Crippen LogP contribution < -0.4 is 0 Å². The van der Waals surface area contributed by atoms with Crippen molar-refractivity contribution in [3.63, 3.8) is 0 Å². The smallest absolute Gasteiger partial charge is 0.325 e. The molecule has 0 unspecified atom stereocenters. The fraction of sp³-hybridized carbons (Fsp3) is 0.0476. The van der Waals surface area contributed by atoms with Crippen LogP contribution in [0.1, 0.15) is 21.6 Å². The Bertz CT molecular complexity index is 1120. The van der Waals surface area contributed by atoms with E-state index >= 15 is 0 Å². The van der Waals surface area contributed by atoms with Gasteiger partial charge in [-0.05, 0) is 17.7 Å². The maximum Gasteiger partial charge on any atom is 0.325 e. The summed E-state index contributed by atoms with van der Waals surface area (Å²) in [5, 5.41) is 24.4. The zero-order valence-electron chi connectivity index (χ0n) is 15.8. The second kappa shape index (κ2) is 10.8. The van der Waals surface area contributed by atoms with E-state index in [4.69, 9.17) is 5.11 Å². The van der Waals surface area contributed by atoms with Gasteiger partial charge in [0.1, 0.15) is 12.5 Å². The second-order valence-electron chi connectivity index (χ2n) is 6.02. The van der Waals surface area contributed by atoms with Crippen LogP contribution in [-0.4, -0.2) is 39.1 Å². The Labute approximate surface area is 186 Å². The number of rotatable bonds is 7. The molecule has 1 amide bonds. The van der Waals surface area contributed by atoms with Gasteiger partial charge in [-0.2, -0.15) is 0 Å². The molecule has 0 aliphatic carbocycles. The molecule has 3 aromatic rings. The number of hydrogen-bond donors (Lipinski definition) is 1. The monoisotopic (exact) mass is 461 g/mol. The molecule has 0 saturated heterocycles. The Hall–Kier alpha value is -3.91. The molecule has 3 rings (SSSR count). The predicted octanol–water partition coefficient (Wildman–Crippen LogP) is 3.75. The third-order valence-electron chi connectivity index (χ3n) is 3.97. The summed E-state index contributed by atoms with van der Waals surface area (Å²) in [4.78, 5) is 42.4. The van der Waals surface area contributed by atoms with Gasteiger partial charge in [0.25, 0.3) is 5.69 Å². The first kappa shape index (κ1) is 23.4. The van der Waals surface area contributed by atoms with Crippen molar-refractivity contribution < 1.29 is 36.1 Å².